The van der Waals surface area contributed by atoms with Gasteiger partial charge in [-0.1, -0.05) is 60.5 Å². The van der Waals surface area contributed by atoms with Crippen molar-refractivity contribution >= 4 is 29.3 Å². The number of dihydropyridines is 1. The first-order chi connectivity index (χ1) is 13.4. The van der Waals surface area contributed by atoms with Crippen LogP contribution in [0.4, 0.5) is 4.79 Å². The van der Waals surface area contributed by atoms with Crippen molar-refractivity contribution in [1.29, 1.82) is 0 Å². The van der Waals surface area contributed by atoms with Gasteiger partial charge in [0, 0.05) is 31.8 Å². The number of rotatable bonds is 10. The van der Waals surface area contributed by atoms with Gasteiger partial charge >= 0.3 is 6.09 Å². The molecule has 1 aromatic rings. The van der Waals surface area contributed by atoms with Crippen molar-refractivity contribution in [3.8, 4) is 0 Å². The fourth-order valence-electron chi connectivity index (χ4n) is 3.22. The Balaban J connectivity index is 1.89. The minimum Gasteiger partial charge on any atom is -0.441 e. The second kappa shape index (κ2) is 11.3. The number of hydrogen-bond acceptors (Lipinski definition) is 5. The number of halogens is 2. The number of benzene rings is 1. The molecule has 1 heterocycles. The van der Waals surface area contributed by atoms with Gasteiger partial charge in [-0.25, -0.2) is 4.79 Å². The van der Waals surface area contributed by atoms with Gasteiger partial charge in [-0.3, -0.25) is 10.2 Å². The van der Waals surface area contributed by atoms with Crippen molar-refractivity contribution in [1.82, 2.24) is 15.5 Å². The molecule has 4 N–H and O–H groups in total. The Labute approximate surface area is 176 Å². The van der Waals surface area contributed by atoms with E-state index in [1.54, 1.807) is 12.3 Å². The van der Waals surface area contributed by atoms with E-state index in [0.29, 0.717) is 16.5 Å². The first kappa shape index (κ1) is 22.6. The van der Waals surface area contributed by atoms with Crippen molar-refractivity contribution < 1.29 is 9.53 Å². The molecule has 154 valence electrons. The topological polar surface area (TPSA) is 79.6 Å². The Morgan fingerprint density at radius 1 is 1.36 bits per heavy atom. The standard InChI is InChI=1S/C20H28Cl2N4O2/c1-3-26(10-9-24-19-17(22)12-16(21)13-25-19)14(2)11-18(28-20(23)27)15-7-5-4-6-8-15/h4-8,12-14,18-19,24-25H,3,9-11H2,1-2H3,(H2,23,27). The minimum absolute atomic E-state index is 0.145. The van der Waals surface area contributed by atoms with Crippen LogP contribution >= 0.6 is 23.2 Å². The van der Waals surface area contributed by atoms with Crippen LogP contribution in [0, 0.1) is 0 Å². The van der Waals surface area contributed by atoms with E-state index in [1.165, 1.54) is 0 Å². The van der Waals surface area contributed by atoms with Gasteiger partial charge < -0.3 is 15.8 Å². The van der Waals surface area contributed by atoms with E-state index in [4.69, 9.17) is 33.7 Å². The zero-order valence-corrected chi connectivity index (χ0v) is 17.7. The van der Waals surface area contributed by atoms with Crippen LogP contribution < -0.4 is 16.4 Å². The predicted molar refractivity (Wildman–Crippen MR) is 114 cm³/mol. The lowest BCUT2D eigenvalue weighted by atomic mass is 10.0. The van der Waals surface area contributed by atoms with Crippen molar-refractivity contribution in [2.75, 3.05) is 19.6 Å². The molecule has 8 heteroatoms. The van der Waals surface area contributed by atoms with Gasteiger partial charge in [-0.2, -0.15) is 0 Å². The first-order valence-electron chi connectivity index (χ1n) is 9.38. The molecule has 1 amide bonds. The number of carbonyl (C=O) groups is 1. The van der Waals surface area contributed by atoms with Gasteiger partial charge in [0.2, 0.25) is 0 Å². The third-order valence-electron chi connectivity index (χ3n) is 4.70. The number of allylic oxidation sites excluding steroid dienone is 2. The third kappa shape index (κ3) is 7.02. The summed E-state index contributed by atoms with van der Waals surface area (Å²) in [5, 5.41) is 7.69. The largest absolute Gasteiger partial charge is 0.441 e. The Morgan fingerprint density at radius 3 is 2.68 bits per heavy atom. The van der Waals surface area contributed by atoms with E-state index in [1.807, 2.05) is 30.3 Å². The van der Waals surface area contributed by atoms with Gasteiger partial charge in [0.05, 0.1) is 10.1 Å². The van der Waals surface area contributed by atoms with Crippen LogP contribution in [-0.4, -0.2) is 42.8 Å². The molecule has 0 radical (unpaired) electrons. The van der Waals surface area contributed by atoms with E-state index in [0.717, 1.165) is 25.2 Å². The smallest absolute Gasteiger partial charge is 0.405 e. The molecule has 1 aliphatic rings. The second-order valence-corrected chi connectivity index (χ2v) is 7.53. The minimum atomic E-state index is -0.762. The normalized spacial score (nSPS) is 18.7. The number of ether oxygens (including phenoxy) is 1. The summed E-state index contributed by atoms with van der Waals surface area (Å²) in [6.45, 7) is 6.65. The Kier molecular flexibility index (Phi) is 9.12. The number of amides is 1. The predicted octanol–water partition coefficient (Wildman–Crippen LogP) is 3.65. The molecule has 0 bridgehead atoms. The molecule has 0 aromatic heterocycles. The molecule has 0 spiro atoms. The zero-order valence-electron chi connectivity index (χ0n) is 16.2. The fourth-order valence-corrected chi connectivity index (χ4v) is 3.71. The molecule has 1 aliphatic heterocycles. The molecule has 0 saturated carbocycles. The zero-order chi connectivity index (χ0) is 20.5. The van der Waals surface area contributed by atoms with Crippen LogP contribution in [0.5, 0.6) is 0 Å². The maximum absolute atomic E-state index is 11.3. The monoisotopic (exact) mass is 426 g/mol. The Hall–Kier alpha value is -1.73. The number of hydrogen-bond donors (Lipinski definition) is 3. The molecule has 6 nitrogen and oxygen atoms in total. The lowest BCUT2D eigenvalue weighted by Crippen LogP contribution is -2.46. The Bertz CT molecular complexity index is 697. The average Bonchev–Trinajstić information content (AvgIpc) is 2.66. The fraction of sp³-hybridized carbons (Fsp3) is 0.450. The number of nitrogens with two attached hydrogens (primary N) is 1. The lowest BCUT2D eigenvalue weighted by Gasteiger charge is -2.31. The summed E-state index contributed by atoms with van der Waals surface area (Å²) in [6, 6.07) is 9.86. The summed E-state index contributed by atoms with van der Waals surface area (Å²) in [4.78, 5) is 13.7. The number of carbonyl (C=O) groups excluding carboxylic acids is 1. The summed E-state index contributed by atoms with van der Waals surface area (Å²) >= 11 is 12.1. The average molecular weight is 427 g/mol. The van der Waals surface area contributed by atoms with Crippen LogP contribution in [0.25, 0.3) is 0 Å². The first-order valence-corrected chi connectivity index (χ1v) is 10.1. The molecule has 0 saturated heterocycles. The van der Waals surface area contributed by atoms with Gasteiger partial charge in [0.1, 0.15) is 12.3 Å². The van der Waals surface area contributed by atoms with Crippen LogP contribution in [0.3, 0.4) is 0 Å². The van der Waals surface area contributed by atoms with Crippen molar-refractivity contribution in [3.05, 3.63) is 58.2 Å². The summed E-state index contributed by atoms with van der Waals surface area (Å²) in [7, 11) is 0. The van der Waals surface area contributed by atoms with E-state index in [-0.39, 0.29) is 18.3 Å². The molecule has 3 atom stereocenters. The molecule has 2 rings (SSSR count). The number of primary amides is 1. The molecule has 0 fully saturated rings. The van der Waals surface area contributed by atoms with E-state index < -0.39 is 6.09 Å². The highest BCUT2D eigenvalue weighted by Crippen LogP contribution is 2.24. The molecule has 1 aromatic carbocycles. The van der Waals surface area contributed by atoms with Crippen LogP contribution in [0.15, 0.2) is 52.7 Å². The van der Waals surface area contributed by atoms with Gasteiger partial charge in [-0.05, 0) is 25.1 Å². The van der Waals surface area contributed by atoms with Crippen molar-refractivity contribution in [3.63, 3.8) is 0 Å². The highest BCUT2D eigenvalue weighted by molar-refractivity contribution is 6.35. The second-order valence-electron chi connectivity index (χ2n) is 6.66. The van der Waals surface area contributed by atoms with Gasteiger partial charge in [0.15, 0.2) is 0 Å². The summed E-state index contributed by atoms with van der Waals surface area (Å²) < 4.78 is 5.37. The van der Waals surface area contributed by atoms with Crippen LogP contribution in [0.2, 0.25) is 0 Å². The summed E-state index contributed by atoms with van der Waals surface area (Å²) in [6.07, 6.45) is 2.82. The quantitative estimate of drug-likeness (QED) is 0.531. The van der Waals surface area contributed by atoms with Gasteiger partial charge in [-0.15, -0.1) is 0 Å². The van der Waals surface area contributed by atoms with E-state index in [9.17, 15) is 4.79 Å². The number of nitrogens with one attached hydrogen (secondary N) is 2. The lowest BCUT2D eigenvalue weighted by molar-refractivity contribution is 0.0767. The summed E-state index contributed by atoms with van der Waals surface area (Å²) in [5.74, 6) is 0. The molecule has 3 unspecified atom stereocenters. The Morgan fingerprint density at radius 2 is 2.07 bits per heavy atom. The van der Waals surface area contributed by atoms with Gasteiger partial charge in [0.25, 0.3) is 0 Å². The highest BCUT2D eigenvalue weighted by atomic mass is 35.5. The van der Waals surface area contributed by atoms with Crippen LogP contribution in [-0.2, 0) is 4.74 Å². The third-order valence-corrected chi connectivity index (χ3v) is 5.25. The maximum atomic E-state index is 11.3. The molecular formula is C20H28Cl2N4O2. The number of likely N-dealkylation sites (N-methyl/N-ethyl adjacent to an activating group) is 1. The molecule has 28 heavy (non-hydrogen) atoms. The number of nitrogens with zero attached hydrogens (tertiary/aromatic N) is 1. The van der Waals surface area contributed by atoms with Crippen molar-refractivity contribution in [2.45, 2.75) is 38.6 Å². The summed E-state index contributed by atoms with van der Waals surface area (Å²) in [5.41, 5.74) is 6.22. The van der Waals surface area contributed by atoms with E-state index in [2.05, 4.69) is 29.4 Å². The van der Waals surface area contributed by atoms with Crippen LogP contribution in [0.1, 0.15) is 31.9 Å². The highest BCUT2D eigenvalue weighted by Gasteiger charge is 2.22. The van der Waals surface area contributed by atoms with Crippen molar-refractivity contribution in [2.24, 2.45) is 5.73 Å². The molecular weight excluding hydrogens is 399 g/mol. The SMILES string of the molecule is CCN(CCNC1NC=C(Cl)C=C1Cl)C(C)CC(OC(N)=O)c1ccccc1. The molecule has 0 aliphatic carbocycles. The maximum Gasteiger partial charge on any atom is 0.405 e. The van der Waals surface area contributed by atoms with E-state index >= 15 is 0 Å².